The maximum absolute atomic E-state index is 11.8. The Bertz CT molecular complexity index is 805. The van der Waals surface area contributed by atoms with E-state index in [1.54, 1.807) is 19.2 Å². The second-order valence-corrected chi connectivity index (χ2v) is 6.08. The quantitative estimate of drug-likeness (QED) is 0.727. The van der Waals surface area contributed by atoms with Crippen molar-refractivity contribution in [3.05, 3.63) is 54.1 Å². The molecule has 23 heavy (non-hydrogen) atoms. The lowest BCUT2D eigenvalue weighted by Gasteiger charge is -2.09. The number of ether oxygens (including phenoxy) is 1. The van der Waals surface area contributed by atoms with Crippen LogP contribution in [0.2, 0.25) is 0 Å². The van der Waals surface area contributed by atoms with Crippen LogP contribution in [0.25, 0.3) is 0 Å². The molecule has 0 aliphatic heterocycles. The van der Waals surface area contributed by atoms with Crippen molar-refractivity contribution in [1.29, 1.82) is 0 Å². The Kier molecular flexibility index (Phi) is 5.20. The zero-order valence-corrected chi connectivity index (χ0v) is 13.1. The first kappa shape index (κ1) is 16.8. The summed E-state index contributed by atoms with van der Waals surface area (Å²) >= 11 is 0. The predicted molar refractivity (Wildman–Crippen MR) is 85.1 cm³/mol. The standard InChI is InChI=1S/C15H16N2O5S/c1-22-13-6-2-4-11(8-13)10-16-15(18)17-12-5-3-7-14(9-12)23(19,20)21/h2-9H,10H2,1H3,(H2,16,17,18)(H,19,20,21). The molecule has 0 aliphatic carbocycles. The molecule has 0 bridgehead atoms. The molecule has 122 valence electrons. The van der Waals surface area contributed by atoms with Crippen molar-refractivity contribution in [3.63, 3.8) is 0 Å². The second-order valence-electron chi connectivity index (χ2n) is 4.66. The minimum atomic E-state index is -4.31. The molecule has 2 aromatic carbocycles. The van der Waals surface area contributed by atoms with Crippen LogP contribution in [0, 0.1) is 0 Å². The SMILES string of the molecule is COc1cccc(CNC(=O)Nc2cccc(S(=O)(=O)O)c2)c1. The van der Waals surface area contributed by atoms with E-state index in [0.29, 0.717) is 5.75 Å². The van der Waals surface area contributed by atoms with Gasteiger partial charge >= 0.3 is 6.03 Å². The molecule has 0 aromatic heterocycles. The summed E-state index contributed by atoms with van der Waals surface area (Å²) in [5, 5.41) is 5.14. The van der Waals surface area contributed by atoms with Crippen molar-refractivity contribution < 1.29 is 22.5 Å². The van der Waals surface area contributed by atoms with E-state index in [9.17, 15) is 13.2 Å². The number of carbonyl (C=O) groups excluding carboxylic acids is 1. The largest absolute Gasteiger partial charge is 0.497 e. The van der Waals surface area contributed by atoms with Crippen LogP contribution in [-0.4, -0.2) is 26.1 Å². The lowest BCUT2D eigenvalue weighted by Crippen LogP contribution is -2.28. The minimum Gasteiger partial charge on any atom is -0.497 e. The highest BCUT2D eigenvalue weighted by Crippen LogP contribution is 2.15. The van der Waals surface area contributed by atoms with E-state index >= 15 is 0 Å². The molecule has 0 unspecified atom stereocenters. The third kappa shape index (κ3) is 4.97. The number of nitrogens with one attached hydrogen (secondary N) is 2. The third-order valence-electron chi connectivity index (χ3n) is 2.98. The molecule has 0 radical (unpaired) electrons. The number of carbonyl (C=O) groups is 1. The van der Waals surface area contributed by atoms with Gasteiger partial charge in [-0.25, -0.2) is 4.79 Å². The summed E-state index contributed by atoms with van der Waals surface area (Å²) < 4.78 is 36.2. The molecule has 3 N–H and O–H groups in total. The summed E-state index contributed by atoms with van der Waals surface area (Å²) in [7, 11) is -2.75. The van der Waals surface area contributed by atoms with Gasteiger partial charge in [-0.1, -0.05) is 18.2 Å². The van der Waals surface area contributed by atoms with Crippen LogP contribution in [0.15, 0.2) is 53.4 Å². The van der Waals surface area contributed by atoms with E-state index in [-0.39, 0.29) is 17.1 Å². The van der Waals surface area contributed by atoms with Gasteiger partial charge in [-0.05, 0) is 35.9 Å². The Balaban J connectivity index is 1.97. The summed E-state index contributed by atoms with van der Waals surface area (Å²) in [6.45, 7) is 0.279. The Morgan fingerprint density at radius 2 is 1.91 bits per heavy atom. The number of anilines is 1. The molecule has 8 heteroatoms. The van der Waals surface area contributed by atoms with Gasteiger partial charge in [0, 0.05) is 12.2 Å². The topological polar surface area (TPSA) is 105 Å². The van der Waals surface area contributed by atoms with E-state index < -0.39 is 16.1 Å². The van der Waals surface area contributed by atoms with Gasteiger partial charge in [-0.15, -0.1) is 0 Å². The average molecular weight is 336 g/mol. The van der Waals surface area contributed by atoms with E-state index in [1.807, 2.05) is 12.1 Å². The van der Waals surface area contributed by atoms with Crippen molar-refractivity contribution in [2.75, 3.05) is 12.4 Å². The molecular weight excluding hydrogens is 320 g/mol. The fourth-order valence-corrected chi connectivity index (χ4v) is 2.40. The molecule has 2 aromatic rings. The van der Waals surface area contributed by atoms with E-state index in [0.717, 1.165) is 5.56 Å². The van der Waals surface area contributed by atoms with Crippen LogP contribution in [-0.2, 0) is 16.7 Å². The first-order valence-corrected chi connectivity index (χ1v) is 8.08. The Morgan fingerprint density at radius 3 is 2.61 bits per heavy atom. The maximum Gasteiger partial charge on any atom is 0.319 e. The number of hydrogen-bond donors (Lipinski definition) is 3. The van der Waals surface area contributed by atoms with E-state index in [1.165, 1.54) is 24.3 Å². The van der Waals surface area contributed by atoms with Crippen LogP contribution < -0.4 is 15.4 Å². The summed E-state index contributed by atoms with van der Waals surface area (Å²) in [5.41, 5.74) is 1.11. The van der Waals surface area contributed by atoms with Crippen molar-refractivity contribution in [1.82, 2.24) is 5.32 Å². The smallest absolute Gasteiger partial charge is 0.319 e. The van der Waals surface area contributed by atoms with Gasteiger partial charge < -0.3 is 15.4 Å². The Labute approximate surface area is 134 Å². The van der Waals surface area contributed by atoms with Gasteiger partial charge in [0.1, 0.15) is 5.75 Å². The summed E-state index contributed by atoms with van der Waals surface area (Å²) in [6.07, 6.45) is 0. The lowest BCUT2D eigenvalue weighted by atomic mass is 10.2. The van der Waals surface area contributed by atoms with Gasteiger partial charge in [0.05, 0.1) is 12.0 Å². The fraction of sp³-hybridized carbons (Fsp3) is 0.133. The number of hydrogen-bond acceptors (Lipinski definition) is 4. The van der Waals surface area contributed by atoms with Crippen LogP contribution >= 0.6 is 0 Å². The van der Waals surface area contributed by atoms with Crippen LogP contribution in [0.3, 0.4) is 0 Å². The summed E-state index contributed by atoms with van der Waals surface area (Å²) in [6, 6.07) is 12.1. The predicted octanol–water partition coefficient (Wildman–Crippen LogP) is 2.26. The molecule has 2 amide bonds. The molecule has 0 spiro atoms. The molecule has 0 saturated heterocycles. The van der Waals surface area contributed by atoms with Crippen molar-refractivity contribution in [2.24, 2.45) is 0 Å². The first-order chi connectivity index (χ1) is 10.9. The highest BCUT2D eigenvalue weighted by molar-refractivity contribution is 7.85. The normalized spacial score (nSPS) is 10.9. The van der Waals surface area contributed by atoms with Gasteiger partial charge in [-0.3, -0.25) is 4.55 Å². The van der Waals surface area contributed by atoms with Crippen LogP contribution in [0.1, 0.15) is 5.56 Å². The maximum atomic E-state index is 11.8. The molecule has 0 heterocycles. The molecule has 0 aliphatic rings. The summed E-state index contributed by atoms with van der Waals surface area (Å²) in [5.74, 6) is 0.686. The number of rotatable bonds is 5. The Hall–Kier alpha value is -2.58. The Morgan fingerprint density at radius 1 is 1.17 bits per heavy atom. The molecular formula is C15H16N2O5S. The van der Waals surface area contributed by atoms with Crippen LogP contribution in [0.5, 0.6) is 5.75 Å². The molecule has 2 rings (SSSR count). The van der Waals surface area contributed by atoms with Crippen LogP contribution in [0.4, 0.5) is 10.5 Å². The highest BCUT2D eigenvalue weighted by Gasteiger charge is 2.10. The number of amides is 2. The van der Waals surface area contributed by atoms with E-state index in [4.69, 9.17) is 9.29 Å². The number of urea groups is 1. The van der Waals surface area contributed by atoms with E-state index in [2.05, 4.69) is 10.6 Å². The molecule has 7 nitrogen and oxygen atoms in total. The van der Waals surface area contributed by atoms with Crippen molar-refractivity contribution in [3.8, 4) is 5.75 Å². The van der Waals surface area contributed by atoms with Gasteiger partial charge in [0.25, 0.3) is 10.1 Å². The monoisotopic (exact) mass is 336 g/mol. The van der Waals surface area contributed by atoms with Crippen molar-refractivity contribution in [2.45, 2.75) is 11.4 Å². The van der Waals surface area contributed by atoms with Gasteiger partial charge in [-0.2, -0.15) is 8.42 Å². The zero-order valence-electron chi connectivity index (χ0n) is 12.3. The first-order valence-electron chi connectivity index (χ1n) is 6.64. The van der Waals surface area contributed by atoms with Gasteiger partial charge in [0.15, 0.2) is 0 Å². The number of methoxy groups -OCH3 is 1. The molecule has 0 saturated carbocycles. The zero-order chi connectivity index (χ0) is 16.9. The molecule has 0 fully saturated rings. The average Bonchev–Trinajstić information content (AvgIpc) is 2.52. The third-order valence-corrected chi connectivity index (χ3v) is 3.83. The summed E-state index contributed by atoms with van der Waals surface area (Å²) in [4.78, 5) is 11.5. The lowest BCUT2D eigenvalue weighted by molar-refractivity contribution is 0.251. The molecule has 0 atom stereocenters. The second kappa shape index (κ2) is 7.12. The highest BCUT2D eigenvalue weighted by atomic mass is 32.2. The minimum absolute atomic E-state index is 0.253. The van der Waals surface area contributed by atoms with Crippen molar-refractivity contribution >= 4 is 21.8 Å². The number of benzene rings is 2. The van der Waals surface area contributed by atoms with Gasteiger partial charge in [0.2, 0.25) is 0 Å². The fourth-order valence-electron chi connectivity index (χ4n) is 1.87.